The first-order valence-corrected chi connectivity index (χ1v) is 5.39. The van der Waals surface area contributed by atoms with Crippen LogP contribution in [0.2, 0.25) is 0 Å². The molecule has 0 fully saturated rings. The molecule has 0 heterocycles. The van der Waals surface area contributed by atoms with Crippen LogP contribution in [0.5, 0.6) is 0 Å². The Morgan fingerprint density at radius 2 is 2.00 bits per heavy atom. The van der Waals surface area contributed by atoms with Crippen molar-refractivity contribution in [2.24, 2.45) is 5.73 Å². The van der Waals surface area contributed by atoms with E-state index < -0.39 is 0 Å². The number of nitrogens with two attached hydrogens (primary N) is 1. The summed E-state index contributed by atoms with van der Waals surface area (Å²) in [4.78, 5) is 0. The number of benzene rings is 1. The fourth-order valence-electron chi connectivity index (χ4n) is 1.07. The summed E-state index contributed by atoms with van der Waals surface area (Å²) >= 11 is 4.13. The van der Waals surface area contributed by atoms with E-state index in [2.05, 4.69) is 12.6 Å². The Morgan fingerprint density at radius 3 is 2.57 bits per heavy atom. The summed E-state index contributed by atoms with van der Waals surface area (Å²) in [5.41, 5.74) is 6.95. The van der Waals surface area contributed by atoms with Crippen LogP contribution >= 0.6 is 12.6 Å². The van der Waals surface area contributed by atoms with Crippen LogP contribution in [0.4, 0.5) is 0 Å². The number of thiol groups is 1. The molecule has 0 aliphatic rings. The Bertz CT molecular complexity index is 253. The second kappa shape index (κ2) is 6.06. The van der Waals surface area contributed by atoms with Gasteiger partial charge in [-0.05, 0) is 12.5 Å². The van der Waals surface area contributed by atoms with Crippen LogP contribution in [0.1, 0.15) is 12.5 Å². The summed E-state index contributed by atoms with van der Waals surface area (Å²) in [6, 6.07) is 10.1. The third-order valence-corrected chi connectivity index (χ3v) is 2.59. The highest BCUT2D eigenvalue weighted by Gasteiger charge is 2.10. The summed E-state index contributed by atoms with van der Waals surface area (Å²) in [5, 5.41) is 0. The van der Waals surface area contributed by atoms with Gasteiger partial charge in [-0.3, -0.25) is 0 Å². The molecule has 1 aromatic rings. The first-order chi connectivity index (χ1) is 6.74. The normalized spacial score (nSPS) is 15.1. The van der Waals surface area contributed by atoms with Gasteiger partial charge in [0, 0.05) is 11.8 Å². The molecule has 2 N–H and O–H groups in total. The average Bonchev–Trinajstić information content (AvgIpc) is 2.26. The fourth-order valence-corrected chi connectivity index (χ4v) is 1.37. The molecule has 0 saturated heterocycles. The van der Waals surface area contributed by atoms with Crippen molar-refractivity contribution in [2.45, 2.75) is 25.7 Å². The van der Waals surface area contributed by atoms with E-state index in [1.54, 1.807) is 0 Å². The lowest BCUT2D eigenvalue weighted by molar-refractivity contribution is 0.0408. The molecule has 14 heavy (non-hydrogen) atoms. The van der Waals surface area contributed by atoms with E-state index >= 15 is 0 Å². The summed E-state index contributed by atoms with van der Waals surface area (Å²) in [5.74, 6) is 0.649. The van der Waals surface area contributed by atoms with Gasteiger partial charge in [0.2, 0.25) is 0 Å². The molecule has 0 radical (unpaired) electrons. The monoisotopic (exact) mass is 211 g/mol. The van der Waals surface area contributed by atoms with Crippen LogP contribution in [0.25, 0.3) is 0 Å². The molecular formula is C11H17NOS. The predicted molar refractivity (Wildman–Crippen MR) is 62.5 cm³/mol. The molecule has 2 nitrogen and oxygen atoms in total. The molecule has 1 rings (SSSR count). The Hall–Kier alpha value is -0.510. The molecule has 0 aliphatic carbocycles. The fraction of sp³-hybridized carbons (Fsp3) is 0.455. The minimum Gasteiger partial charge on any atom is -0.372 e. The maximum absolute atomic E-state index is 5.78. The van der Waals surface area contributed by atoms with Gasteiger partial charge in [-0.1, -0.05) is 30.3 Å². The van der Waals surface area contributed by atoms with Crippen molar-refractivity contribution in [3.8, 4) is 0 Å². The summed E-state index contributed by atoms with van der Waals surface area (Å²) in [7, 11) is 0. The third-order valence-electron chi connectivity index (χ3n) is 2.17. The summed E-state index contributed by atoms with van der Waals surface area (Å²) < 4.78 is 5.61. The maximum Gasteiger partial charge on any atom is 0.0721 e. The maximum atomic E-state index is 5.78. The smallest absolute Gasteiger partial charge is 0.0721 e. The van der Waals surface area contributed by atoms with Crippen LogP contribution in [-0.4, -0.2) is 17.9 Å². The second-order valence-corrected chi connectivity index (χ2v) is 3.71. The number of rotatable bonds is 5. The minimum atomic E-state index is 0.00189. The van der Waals surface area contributed by atoms with Gasteiger partial charge in [0.15, 0.2) is 0 Å². The van der Waals surface area contributed by atoms with Gasteiger partial charge in [0.25, 0.3) is 0 Å². The molecule has 78 valence electrons. The SMILES string of the molecule is C[C@@H](OCc1ccccc1)C(N)CS. The van der Waals surface area contributed by atoms with E-state index in [-0.39, 0.29) is 12.1 Å². The number of ether oxygens (including phenoxy) is 1. The van der Waals surface area contributed by atoms with Gasteiger partial charge >= 0.3 is 0 Å². The van der Waals surface area contributed by atoms with Gasteiger partial charge in [0.1, 0.15) is 0 Å². The molecule has 1 aromatic carbocycles. The van der Waals surface area contributed by atoms with Crippen molar-refractivity contribution in [2.75, 3.05) is 5.75 Å². The lowest BCUT2D eigenvalue weighted by Gasteiger charge is -2.18. The molecule has 0 saturated carbocycles. The van der Waals surface area contributed by atoms with E-state index in [0.29, 0.717) is 12.4 Å². The molecule has 3 heteroatoms. The molecule has 1 unspecified atom stereocenters. The molecule has 0 amide bonds. The summed E-state index contributed by atoms with van der Waals surface area (Å²) in [6.45, 7) is 2.59. The predicted octanol–water partition coefficient (Wildman–Crippen LogP) is 1.85. The molecule has 0 aromatic heterocycles. The molecule has 2 atom stereocenters. The summed E-state index contributed by atoms with van der Waals surface area (Å²) in [6.07, 6.45) is 0.0488. The van der Waals surface area contributed by atoms with Gasteiger partial charge in [-0.15, -0.1) is 0 Å². The molecule has 0 bridgehead atoms. The average molecular weight is 211 g/mol. The number of hydrogen-bond donors (Lipinski definition) is 2. The highest BCUT2D eigenvalue weighted by molar-refractivity contribution is 7.80. The van der Waals surface area contributed by atoms with Crippen molar-refractivity contribution in [1.82, 2.24) is 0 Å². The zero-order valence-electron chi connectivity index (χ0n) is 8.39. The Kier molecular flexibility index (Phi) is 5.01. The highest BCUT2D eigenvalue weighted by Crippen LogP contribution is 2.05. The van der Waals surface area contributed by atoms with Crippen LogP contribution in [0.15, 0.2) is 30.3 Å². The lowest BCUT2D eigenvalue weighted by atomic mass is 10.2. The van der Waals surface area contributed by atoms with E-state index in [0.717, 1.165) is 0 Å². The van der Waals surface area contributed by atoms with Gasteiger partial charge < -0.3 is 10.5 Å². The Labute approximate surface area is 90.9 Å². The van der Waals surface area contributed by atoms with E-state index in [9.17, 15) is 0 Å². The minimum absolute atomic E-state index is 0.00189. The highest BCUT2D eigenvalue weighted by atomic mass is 32.1. The first kappa shape index (κ1) is 11.6. The lowest BCUT2D eigenvalue weighted by Crippen LogP contribution is -2.36. The van der Waals surface area contributed by atoms with Crippen molar-refractivity contribution < 1.29 is 4.74 Å². The van der Waals surface area contributed by atoms with Crippen molar-refractivity contribution in [3.05, 3.63) is 35.9 Å². The Balaban J connectivity index is 2.34. The van der Waals surface area contributed by atoms with Crippen LogP contribution < -0.4 is 5.73 Å². The van der Waals surface area contributed by atoms with Crippen molar-refractivity contribution in [1.29, 1.82) is 0 Å². The molecule has 0 aliphatic heterocycles. The Morgan fingerprint density at radius 1 is 1.36 bits per heavy atom. The van der Waals surface area contributed by atoms with Crippen LogP contribution in [-0.2, 0) is 11.3 Å². The van der Waals surface area contributed by atoms with Crippen molar-refractivity contribution >= 4 is 12.6 Å². The topological polar surface area (TPSA) is 35.2 Å². The van der Waals surface area contributed by atoms with Crippen LogP contribution in [0, 0.1) is 0 Å². The van der Waals surface area contributed by atoms with E-state index in [1.807, 2.05) is 37.3 Å². The zero-order chi connectivity index (χ0) is 10.4. The number of hydrogen-bond acceptors (Lipinski definition) is 3. The third kappa shape index (κ3) is 3.70. The van der Waals surface area contributed by atoms with Gasteiger partial charge in [0.05, 0.1) is 12.7 Å². The zero-order valence-corrected chi connectivity index (χ0v) is 9.28. The first-order valence-electron chi connectivity index (χ1n) is 4.76. The van der Waals surface area contributed by atoms with Crippen LogP contribution in [0.3, 0.4) is 0 Å². The van der Waals surface area contributed by atoms with Gasteiger partial charge in [-0.2, -0.15) is 12.6 Å². The van der Waals surface area contributed by atoms with Crippen molar-refractivity contribution in [3.63, 3.8) is 0 Å². The van der Waals surface area contributed by atoms with E-state index in [4.69, 9.17) is 10.5 Å². The van der Waals surface area contributed by atoms with E-state index in [1.165, 1.54) is 5.56 Å². The quantitative estimate of drug-likeness (QED) is 0.729. The van der Waals surface area contributed by atoms with Gasteiger partial charge in [-0.25, -0.2) is 0 Å². The second-order valence-electron chi connectivity index (χ2n) is 3.35. The standard InChI is InChI=1S/C11H17NOS/c1-9(11(12)8-14)13-7-10-5-3-2-4-6-10/h2-6,9,11,14H,7-8,12H2,1H3/t9-,11?/m1/s1. The molecular weight excluding hydrogens is 194 g/mol. The molecule has 0 spiro atoms. The largest absolute Gasteiger partial charge is 0.372 e.